The minimum Gasteiger partial charge on any atom is -0.375 e. The summed E-state index contributed by atoms with van der Waals surface area (Å²) in [5.41, 5.74) is 3.15. The van der Waals surface area contributed by atoms with Gasteiger partial charge in [-0.25, -0.2) is 4.98 Å². The molecule has 0 saturated heterocycles. The Hall–Kier alpha value is -1.85. The first-order valence-corrected chi connectivity index (χ1v) is 10.2. The molecule has 2 atom stereocenters. The molecule has 4 rings (SSSR count). The van der Waals surface area contributed by atoms with Crippen molar-refractivity contribution in [1.29, 1.82) is 0 Å². The molecule has 0 unspecified atom stereocenters. The van der Waals surface area contributed by atoms with Gasteiger partial charge >= 0.3 is 0 Å². The molecule has 0 aliphatic heterocycles. The molecule has 0 amide bonds. The molecular weight excluding hydrogens is 366 g/mol. The molecule has 3 aromatic rings. The Morgan fingerprint density at radius 3 is 3.00 bits per heavy atom. The molecule has 4 nitrogen and oxygen atoms in total. The molecule has 2 heterocycles. The average molecular weight is 388 g/mol. The zero-order valence-corrected chi connectivity index (χ0v) is 16.7. The lowest BCUT2D eigenvalue weighted by Gasteiger charge is -2.17. The van der Waals surface area contributed by atoms with E-state index >= 15 is 0 Å². The quantitative estimate of drug-likeness (QED) is 0.645. The molecule has 1 aliphatic carbocycles. The largest absolute Gasteiger partial charge is 0.375 e. The molecule has 2 aromatic heterocycles. The third-order valence-corrected chi connectivity index (χ3v) is 6.70. The molecule has 0 bridgehead atoms. The van der Waals surface area contributed by atoms with Crippen LogP contribution in [0.2, 0.25) is 5.02 Å². The monoisotopic (exact) mass is 387 g/mol. The highest BCUT2D eigenvalue weighted by molar-refractivity contribution is 7.18. The molecular formula is C20H22ClN3OS. The van der Waals surface area contributed by atoms with E-state index in [-0.39, 0.29) is 11.6 Å². The first kappa shape index (κ1) is 17.6. The van der Waals surface area contributed by atoms with Crippen molar-refractivity contribution in [1.82, 2.24) is 9.97 Å². The number of fused-ring (bicyclic) bond motifs is 3. The summed E-state index contributed by atoms with van der Waals surface area (Å²) in [5, 5.41) is 4.89. The van der Waals surface area contributed by atoms with E-state index in [4.69, 9.17) is 16.6 Å². The van der Waals surface area contributed by atoms with Crippen molar-refractivity contribution in [2.75, 3.05) is 5.32 Å². The van der Waals surface area contributed by atoms with Crippen LogP contribution in [0.4, 0.5) is 5.69 Å². The van der Waals surface area contributed by atoms with Crippen LogP contribution in [0.3, 0.4) is 0 Å². The summed E-state index contributed by atoms with van der Waals surface area (Å²) in [4.78, 5) is 22.7. The summed E-state index contributed by atoms with van der Waals surface area (Å²) in [6, 6.07) is 5.74. The Kier molecular flexibility index (Phi) is 4.53. The third-order valence-electron chi connectivity index (χ3n) is 5.15. The Balaban J connectivity index is 1.68. The number of hydrogen-bond acceptors (Lipinski definition) is 4. The van der Waals surface area contributed by atoms with E-state index in [0.29, 0.717) is 11.7 Å². The highest BCUT2D eigenvalue weighted by Crippen LogP contribution is 2.36. The van der Waals surface area contributed by atoms with Crippen molar-refractivity contribution < 1.29 is 0 Å². The fraction of sp³-hybridized carbons (Fsp3) is 0.400. The molecule has 0 radical (unpaired) electrons. The van der Waals surface area contributed by atoms with Crippen LogP contribution < -0.4 is 10.9 Å². The molecule has 136 valence electrons. The van der Waals surface area contributed by atoms with Crippen molar-refractivity contribution in [2.24, 2.45) is 5.92 Å². The van der Waals surface area contributed by atoms with Crippen molar-refractivity contribution in [2.45, 2.75) is 46.1 Å². The van der Waals surface area contributed by atoms with Gasteiger partial charge in [0, 0.05) is 15.6 Å². The van der Waals surface area contributed by atoms with Crippen LogP contribution in [-0.4, -0.2) is 9.97 Å². The van der Waals surface area contributed by atoms with E-state index in [1.54, 1.807) is 11.3 Å². The Morgan fingerprint density at radius 1 is 1.42 bits per heavy atom. The van der Waals surface area contributed by atoms with Crippen LogP contribution in [0, 0.1) is 12.8 Å². The second-order valence-corrected chi connectivity index (χ2v) is 8.80. The zero-order valence-electron chi connectivity index (χ0n) is 15.1. The standard InChI is InChI=1S/C20H22ClN3OS/c1-10-4-7-14-16(8-10)26-20-17(14)19(25)23-18(24-20)12(3)22-13-6-5-11(2)15(21)9-13/h5-6,9-10,12,22H,4,7-8H2,1-3H3,(H,23,24,25)/t10-,12-/m1/s1. The Morgan fingerprint density at radius 2 is 2.23 bits per heavy atom. The number of H-pyrrole nitrogens is 1. The summed E-state index contributed by atoms with van der Waals surface area (Å²) in [5.74, 6) is 1.34. The first-order chi connectivity index (χ1) is 12.4. The number of thiophene rings is 1. The Labute approximate surface area is 161 Å². The van der Waals surface area contributed by atoms with Gasteiger partial charge in [-0.3, -0.25) is 4.79 Å². The maximum Gasteiger partial charge on any atom is 0.259 e. The SMILES string of the molecule is Cc1ccc(N[C@H](C)c2nc3sc4c(c3c(=O)[nH]2)CC[C@@H](C)C4)cc1Cl. The maximum atomic E-state index is 12.7. The number of rotatable bonds is 3. The lowest BCUT2D eigenvalue weighted by atomic mass is 9.89. The normalized spacial score (nSPS) is 17.9. The van der Waals surface area contributed by atoms with Gasteiger partial charge in [-0.1, -0.05) is 24.6 Å². The van der Waals surface area contributed by atoms with Crippen molar-refractivity contribution >= 4 is 38.8 Å². The van der Waals surface area contributed by atoms with Gasteiger partial charge in [0.05, 0.1) is 11.4 Å². The fourth-order valence-corrected chi connectivity index (χ4v) is 5.14. The van der Waals surface area contributed by atoms with Gasteiger partial charge in [0.2, 0.25) is 0 Å². The number of aryl methyl sites for hydroxylation is 2. The van der Waals surface area contributed by atoms with E-state index in [2.05, 4.69) is 17.2 Å². The van der Waals surface area contributed by atoms with Gasteiger partial charge in [0.15, 0.2) is 0 Å². The third kappa shape index (κ3) is 3.14. The maximum absolute atomic E-state index is 12.7. The zero-order chi connectivity index (χ0) is 18.4. The summed E-state index contributed by atoms with van der Waals surface area (Å²) < 4.78 is 0. The average Bonchev–Trinajstić information content (AvgIpc) is 2.95. The van der Waals surface area contributed by atoms with Crippen LogP contribution in [0.1, 0.15) is 48.1 Å². The summed E-state index contributed by atoms with van der Waals surface area (Å²) in [7, 11) is 0. The van der Waals surface area contributed by atoms with Gasteiger partial charge in [-0.2, -0.15) is 0 Å². The number of benzene rings is 1. The number of nitrogens with zero attached hydrogens (tertiary/aromatic N) is 1. The highest BCUT2D eigenvalue weighted by atomic mass is 35.5. The van der Waals surface area contributed by atoms with Crippen LogP contribution in [0.25, 0.3) is 10.2 Å². The molecule has 1 aliphatic rings. The lowest BCUT2D eigenvalue weighted by molar-refractivity contribution is 0.509. The van der Waals surface area contributed by atoms with Gasteiger partial charge in [-0.05, 0) is 62.3 Å². The van der Waals surface area contributed by atoms with Crippen LogP contribution in [0.5, 0.6) is 0 Å². The lowest BCUT2D eigenvalue weighted by Crippen LogP contribution is -2.18. The number of nitrogens with one attached hydrogen (secondary N) is 2. The number of hydrogen-bond donors (Lipinski definition) is 2. The van der Waals surface area contributed by atoms with Gasteiger partial charge in [0.25, 0.3) is 5.56 Å². The second kappa shape index (κ2) is 6.71. The van der Waals surface area contributed by atoms with Crippen molar-refractivity contribution in [3.05, 3.63) is 55.4 Å². The van der Waals surface area contributed by atoms with Crippen molar-refractivity contribution in [3.8, 4) is 0 Å². The molecule has 0 spiro atoms. The van der Waals surface area contributed by atoms with E-state index in [0.717, 1.165) is 45.8 Å². The molecule has 6 heteroatoms. The number of aromatic amines is 1. The minimum atomic E-state index is -0.121. The molecule has 1 aromatic carbocycles. The predicted octanol–water partition coefficient (Wildman–Crippen LogP) is 5.24. The molecule has 0 saturated carbocycles. The predicted molar refractivity (Wildman–Crippen MR) is 110 cm³/mol. The molecule has 0 fully saturated rings. The fourth-order valence-electron chi connectivity index (χ4n) is 3.57. The smallest absolute Gasteiger partial charge is 0.259 e. The van der Waals surface area contributed by atoms with Gasteiger partial charge in [-0.15, -0.1) is 11.3 Å². The minimum absolute atomic E-state index is 0.0207. The van der Waals surface area contributed by atoms with E-state index in [9.17, 15) is 4.79 Å². The van der Waals surface area contributed by atoms with Crippen LogP contribution in [-0.2, 0) is 12.8 Å². The van der Waals surface area contributed by atoms with Gasteiger partial charge < -0.3 is 10.3 Å². The second-order valence-electron chi connectivity index (χ2n) is 7.31. The van der Waals surface area contributed by atoms with E-state index in [1.165, 1.54) is 10.4 Å². The van der Waals surface area contributed by atoms with Gasteiger partial charge in [0.1, 0.15) is 10.7 Å². The molecule has 26 heavy (non-hydrogen) atoms. The first-order valence-electron chi connectivity index (χ1n) is 8.99. The summed E-state index contributed by atoms with van der Waals surface area (Å²) in [6.45, 7) is 6.24. The van der Waals surface area contributed by atoms with Crippen LogP contribution in [0.15, 0.2) is 23.0 Å². The topological polar surface area (TPSA) is 57.8 Å². The summed E-state index contributed by atoms with van der Waals surface area (Å²) >= 11 is 7.88. The summed E-state index contributed by atoms with van der Waals surface area (Å²) in [6.07, 6.45) is 3.18. The number of anilines is 1. The van der Waals surface area contributed by atoms with E-state index in [1.807, 2.05) is 32.0 Å². The molecule has 2 N–H and O–H groups in total. The van der Waals surface area contributed by atoms with E-state index < -0.39 is 0 Å². The highest BCUT2D eigenvalue weighted by Gasteiger charge is 2.23. The Bertz CT molecular complexity index is 1040. The number of halogens is 1. The number of aromatic nitrogens is 2. The van der Waals surface area contributed by atoms with Crippen molar-refractivity contribution in [3.63, 3.8) is 0 Å². The van der Waals surface area contributed by atoms with Crippen LogP contribution >= 0.6 is 22.9 Å².